The summed E-state index contributed by atoms with van der Waals surface area (Å²) in [7, 11) is -3.50. The molecule has 0 spiro atoms. The summed E-state index contributed by atoms with van der Waals surface area (Å²) in [5.41, 5.74) is 0. The predicted octanol–water partition coefficient (Wildman–Crippen LogP) is 0.536. The SMILES string of the molecule is CC(C)C[C@H](NC(=O)[C@H](CCS(C)(=O)=O)NC(=O)[C@@H](NC(=O)O)C(C)C)[C@@H](O)C[C@@H](C)C(=O)N[C@@H]1CCCC[C@@H]1O. The van der Waals surface area contributed by atoms with E-state index < -0.39 is 75.7 Å². The monoisotopic (exact) mass is 606 g/mol. The number of hydrogen-bond donors (Lipinski definition) is 7. The lowest BCUT2D eigenvalue weighted by atomic mass is 9.90. The lowest BCUT2D eigenvalue weighted by molar-refractivity contribution is -0.131. The second-order valence-electron chi connectivity index (χ2n) is 12.1. The van der Waals surface area contributed by atoms with Gasteiger partial charge in [0.15, 0.2) is 0 Å². The second-order valence-corrected chi connectivity index (χ2v) is 14.3. The highest BCUT2D eigenvalue weighted by molar-refractivity contribution is 7.90. The van der Waals surface area contributed by atoms with Crippen LogP contribution in [0.1, 0.15) is 79.6 Å². The summed E-state index contributed by atoms with van der Waals surface area (Å²) in [4.78, 5) is 50.2. The van der Waals surface area contributed by atoms with E-state index in [-0.39, 0.29) is 30.7 Å². The van der Waals surface area contributed by atoms with Gasteiger partial charge in [-0.15, -0.1) is 0 Å². The number of aliphatic hydroxyl groups excluding tert-OH is 2. The predicted molar refractivity (Wildman–Crippen MR) is 154 cm³/mol. The fourth-order valence-electron chi connectivity index (χ4n) is 4.87. The van der Waals surface area contributed by atoms with Gasteiger partial charge in [0.1, 0.15) is 21.9 Å². The van der Waals surface area contributed by atoms with E-state index in [1.807, 2.05) is 13.8 Å². The minimum atomic E-state index is -3.50. The molecule has 0 radical (unpaired) electrons. The molecule has 0 aromatic rings. The van der Waals surface area contributed by atoms with Crippen molar-refractivity contribution < 1.29 is 42.9 Å². The molecule has 13 nitrogen and oxygen atoms in total. The molecule has 0 unspecified atom stereocenters. The summed E-state index contributed by atoms with van der Waals surface area (Å²) in [6.07, 6.45) is 1.01. The molecule has 1 fully saturated rings. The van der Waals surface area contributed by atoms with E-state index in [1.54, 1.807) is 20.8 Å². The van der Waals surface area contributed by atoms with Crippen LogP contribution in [0.15, 0.2) is 0 Å². The fourth-order valence-corrected chi connectivity index (χ4v) is 5.54. The minimum Gasteiger partial charge on any atom is -0.465 e. The zero-order valence-electron chi connectivity index (χ0n) is 25.1. The van der Waals surface area contributed by atoms with E-state index in [0.717, 1.165) is 19.1 Å². The van der Waals surface area contributed by atoms with Gasteiger partial charge in [0.05, 0.1) is 30.0 Å². The number of nitrogens with one attached hydrogen (secondary N) is 4. The first-order chi connectivity index (χ1) is 18.9. The number of carbonyl (C=O) groups excluding carboxylic acids is 3. The van der Waals surface area contributed by atoms with Crippen molar-refractivity contribution in [2.45, 2.75) is 116 Å². The standard InChI is InChI=1S/C27H50N4O9S/c1-15(2)13-20(22(33)14-17(5)24(34)28-18-9-7-8-10-21(18)32)30-25(35)19(11-12-41(6,39)40)29-26(36)23(16(3)4)31-27(37)38/h15-23,31-33H,7-14H2,1-6H3,(H,28,34)(H,29,36)(H,30,35)(H,37,38)/t17-,18-,19+,20+,21+,22+,23+/m1/s1. The number of carbonyl (C=O) groups is 4. The Labute approximate surface area is 243 Å². The summed E-state index contributed by atoms with van der Waals surface area (Å²) in [6.45, 7) is 8.67. The van der Waals surface area contributed by atoms with Gasteiger partial charge in [-0.3, -0.25) is 14.4 Å². The molecule has 0 aromatic heterocycles. The topological polar surface area (TPSA) is 211 Å². The van der Waals surface area contributed by atoms with E-state index in [2.05, 4.69) is 21.3 Å². The summed E-state index contributed by atoms with van der Waals surface area (Å²) in [5, 5.41) is 40.5. The maximum Gasteiger partial charge on any atom is 0.405 e. The van der Waals surface area contributed by atoms with E-state index in [0.29, 0.717) is 19.3 Å². The molecule has 0 aromatic carbocycles. The highest BCUT2D eigenvalue weighted by Gasteiger charge is 2.33. The number of sulfone groups is 1. The average molecular weight is 607 g/mol. The quantitative estimate of drug-likeness (QED) is 0.130. The van der Waals surface area contributed by atoms with Crippen LogP contribution in [0.5, 0.6) is 0 Å². The van der Waals surface area contributed by atoms with Crippen molar-refractivity contribution in [2.24, 2.45) is 17.8 Å². The van der Waals surface area contributed by atoms with Crippen LogP contribution in [-0.2, 0) is 24.2 Å². The summed E-state index contributed by atoms with van der Waals surface area (Å²) in [6, 6.07) is -3.65. The van der Waals surface area contributed by atoms with Crippen LogP contribution in [0.2, 0.25) is 0 Å². The lowest BCUT2D eigenvalue weighted by Crippen LogP contribution is -2.57. The highest BCUT2D eigenvalue weighted by Crippen LogP contribution is 2.20. The van der Waals surface area contributed by atoms with Gasteiger partial charge >= 0.3 is 6.09 Å². The molecule has 4 amide bonds. The zero-order chi connectivity index (χ0) is 31.5. The Kier molecular flexibility index (Phi) is 15.0. The van der Waals surface area contributed by atoms with Crippen molar-refractivity contribution in [2.75, 3.05) is 12.0 Å². The Morgan fingerprint density at radius 2 is 1.49 bits per heavy atom. The molecule has 1 rings (SSSR count). The molecule has 238 valence electrons. The molecule has 7 N–H and O–H groups in total. The van der Waals surface area contributed by atoms with Crippen LogP contribution in [0.4, 0.5) is 4.79 Å². The molecular formula is C27H50N4O9S. The normalized spacial score (nSPS) is 21.3. The Balaban J connectivity index is 3.02. The number of carboxylic acid groups (broad SMARTS) is 1. The molecule has 0 saturated heterocycles. The van der Waals surface area contributed by atoms with Crippen LogP contribution in [0.3, 0.4) is 0 Å². The van der Waals surface area contributed by atoms with Crippen LogP contribution >= 0.6 is 0 Å². The van der Waals surface area contributed by atoms with Gasteiger partial charge < -0.3 is 36.6 Å². The van der Waals surface area contributed by atoms with Crippen molar-refractivity contribution in [1.82, 2.24) is 21.3 Å². The Morgan fingerprint density at radius 3 is 2.00 bits per heavy atom. The number of aliphatic hydroxyl groups is 2. The molecule has 7 atom stereocenters. The van der Waals surface area contributed by atoms with Gasteiger partial charge in [0.2, 0.25) is 17.7 Å². The van der Waals surface area contributed by atoms with Crippen molar-refractivity contribution in [3.05, 3.63) is 0 Å². The third kappa shape index (κ3) is 13.8. The highest BCUT2D eigenvalue weighted by atomic mass is 32.2. The van der Waals surface area contributed by atoms with Gasteiger partial charge in [-0.2, -0.15) is 0 Å². The van der Waals surface area contributed by atoms with Crippen LogP contribution in [0, 0.1) is 17.8 Å². The molecule has 0 bridgehead atoms. The van der Waals surface area contributed by atoms with Gasteiger partial charge in [0.25, 0.3) is 0 Å². The Morgan fingerprint density at radius 1 is 0.878 bits per heavy atom. The third-order valence-electron chi connectivity index (χ3n) is 7.26. The lowest BCUT2D eigenvalue weighted by Gasteiger charge is -2.31. The second kappa shape index (κ2) is 16.9. The molecular weight excluding hydrogens is 556 g/mol. The number of hydrogen-bond acceptors (Lipinski definition) is 8. The van der Waals surface area contributed by atoms with Gasteiger partial charge in [-0.05, 0) is 43.9 Å². The van der Waals surface area contributed by atoms with E-state index in [4.69, 9.17) is 5.11 Å². The van der Waals surface area contributed by atoms with Crippen molar-refractivity contribution >= 4 is 33.7 Å². The Hall–Kier alpha value is -2.45. The average Bonchev–Trinajstić information content (AvgIpc) is 2.84. The van der Waals surface area contributed by atoms with Crippen LogP contribution in [-0.4, -0.2) is 95.9 Å². The molecule has 41 heavy (non-hydrogen) atoms. The zero-order valence-corrected chi connectivity index (χ0v) is 25.9. The van der Waals surface area contributed by atoms with Gasteiger partial charge in [0, 0.05) is 12.2 Å². The first-order valence-electron chi connectivity index (χ1n) is 14.4. The van der Waals surface area contributed by atoms with Crippen molar-refractivity contribution in [3.8, 4) is 0 Å². The van der Waals surface area contributed by atoms with Gasteiger partial charge in [-0.1, -0.05) is 47.5 Å². The Bertz CT molecular complexity index is 989. The first-order valence-corrected chi connectivity index (χ1v) is 16.4. The largest absolute Gasteiger partial charge is 0.465 e. The molecule has 14 heteroatoms. The van der Waals surface area contributed by atoms with Crippen molar-refractivity contribution in [3.63, 3.8) is 0 Å². The number of amides is 4. The molecule has 1 aliphatic rings. The third-order valence-corrected chi connectivity index (χ3v) is 8.23. The van der Waals surface area contributed by atoms with Crippen LogP contribution in [0.25, 0.3) is 0 Å². The minimum absolute atomic E-state index is 0.0185. The molecule has 1 saturated carbocycles. The van der Waals surface area contributed by atoms with E-state index >= 15 is 0 Å². The maximum atomic E-state index is 13.3. The van der Waals surface area contributed by atoms with E-state index in [9.17, 15) is 37.8 Å². The molecule has 0 heterocycles. The number of rotatable bonds is 16. The summed E-state index contributed by atoms with van der Waals surface area (Å²) >= 11 is 0. The smallest absolute Gasteiger partial charge is 0.405 e. The van der Waals surface area contributed by atoms with Gasteiger partial charge in [-0.25, -0.2) is 13.2 Å². The van der Waals surface area contributed by atoms with Crippen LogP contribution < -0.4 is 21.3 Å². The fraction of sp³-hybridized carbons (Fsp3) is 0.852. The molecule has 1 aliphatic carbocycles. The summed E-state index contributed by atoms with van der Waals surface area (Å²) < 4.78 is 23.7. The van der Waals surface area contributed by atoms with Crippen molar-refractivity contribution in [1.29, 1.82) is 0 Å². The maximum absolute atomic E-state index is 13.3. The van der Waals surface area contributed by atoms with E-state index in [1.165, 1.54) is 0 Å². The summed E-state index contributed by atoms with van der Waals surface area (Å²) in [5.74, 6) is -3.28. The molecule has 0 aliphatic heterocycles. The first kappa shape index (κ1) is 36.6.